The molecular weight excluding hydrogens is 274 g/mol. The van der Waals surface area contributed by atoms with E-state index in [1.807, 2.05) is 61.3 Å². The molecular formula is C18H19N3O. The topological polar surface area (TPSA) is 49.0 Å². The SMILES string of the molecule is CN1C(=O)c2c(ccn2C)C(C)(CC#N)[C@H]1c1ccccc1. The van der Waals surface area contributed by atoms with Crippen molar-refractivity contribution >= 4 is 5.91 Å². The smallest absolute Gasteiger partial charge is 0.271 e. The van der Waals surface area contributed by atoms with Crippen molar-refractivity contribution in [3.05, 3.63) is 59.4 Å². The number of hydrogen-bond donors (Lipinski definition) is 0. The third-order valence-corrected chi connectivity index (χ3v) is 4.76. The van der Waals surface area contributed by atoms with Gasteiger partial charge in [0.05, 0.1) is 12.1 Å². The van der Waals surface area contributed by atoms with Crippen LogP contribution in [-0.2, 0) is 12.5 Å². The number of benzene rings is 1. The Balaban J connectivity index is 2.26. The van der Waals surface area contributed by atoms with Crippen molar-refractivity contribution in [1.29, 1.82) is 5.26 Å². The first-order valence-electron chi connectivity index (χ1n) is 7.35. The van der Waals surface area contributed by atoms with Crippen LogP contribution in [0.5, 0.6) is 0 Å². The Morgan fingerprint density at radius 2 is 1.91 bits per heavy atom. The second kappa shape index (κ2) is 5.03. The van der Waals surface area contributed by atoms with Crippen molar-refractivity contribution < 1.29 is 4.79 Å². The summed E-state index contributed by atoms with van der Waals surface area (Å²) in [5.74, 6) is 0.00627. The number of aromatic nitrogens is 1. The molecule has 1 aliphatic rings. The molecule has 0 bridgehead atoms. The van der Waals surface area contributed by atoms with E-state index in [0.29, 0.717) is 12.1 Å². The molecule has 1 amide bonds. The number of aryl methyl sites for hydroxylation is 1. The van der Waals surface area contributed by atoms with Gasteiger partial charge in [-0.15, -0.1) is 0 Å². The Morgan fingerprint density at radius 3 is 2.55 bits per heavy atom. The molecule has 1 aromatic carbocycles. The average Bonchev–Trinajstić information content (AvgIpc) is 2.89. The third-order valence-electron chi connectivity index (χ3n) is 4.76. The molecule has 4 nitrogen and oxygen atoms in total. The maximum atomic E-state index is 12.8. The molecule has 1 aliphatic heterocycles. The highest BCUT2D eigenvalue weighted by atomic mass is 16.2. The van der Waals surface area contributed by atoms with Crippen LogP contribution in [0.25, 0.3) is 0 Å². The highest BCUT2D eigenvalue weighted by Crippen LogP contribution is 2.48. The summed E-state index contributed by atoms with van der Waals surface area (Å²) in [6.07, 6.45) is 2.26. The van der Waals surface area contributed by atoms with E-state index in [1.165, 1.54) is 0 Å². The zero-order chi connectivity index (χ0) is 15.9. The lowest BCUT2D eigenvalue weighted by Gasteiger charge is -2.46. The normalized spacial score (nSPS) is 24.0. The van der Waals surface area contributed by atoms with E-state index in [0.717, 1.165) is 11.1 Å². The molecule has 0 fully saturated rings. The van der Waals surface area contributed by atoms with Gasteiger partial charge in [-0.05, 0) is 17.2 Å². The summed E-state index contributed by atoms with van der Waals surface area (Å²) in [6, 6.07) is 14.1. The number of hydrogen-bond acceptors (Lipinski definition) is 2. The Kier molecular flexibility index (Phi) is 3.29. The molecule has 22 heavy (non-hydrogen) atoms. The van der Waals surface area contributed by atoms with Crippen LogP contribution >= 0.6 is 0 Å². The van der Waals surface area contributed by atoms with Gasteiger partial charge in [0.1, 0.15) is 5.69 Å². The molecule has 3 rings (SSSR count). The zero-order valence-electron chi connectivity index (χ0n) is 13.1. The maximum absolute atomic E-state index is 12.8. The van der Waals surface area contributed by atoms with E-state index in [4.69, 9.17) is 0 Å². The lowest BCUT2D eigenvalue weighted by atomic mass is 9.68. The number of nitriles is 1. The molecule has 0 aliphatic carbocycles. The molecule has 2 heterocycles. The number of amides is 1. The Hall–Kier alpha value is -2.54. The summed E-state index contributed by atoms with van der Waals surface area (Å²) >= 11 is 0. The van der Waals surface area contributed by atoms with Gasteiger partial charge in [-0.1, -0.05) is 37.3 Å². The molecule has 0 radical (unpaired) electrons. The van der Waals surface area contributed by atoms with Crippen molar-refractivity contribution in [2.24, 2.45) is 7.05 Å². The number of likely N-dealkylation sites (N-methyl/N-ethyl adjacent to an activating group) is 1. The number of nitrogens with zero attached hydrogens (tertiary/aromatic N) is 3. The Morgan fingerprint density at radius 1 is 1.23 bits per heavy atom. The van der Waals surface area contributed by atoms with Crippen molar-refractivity contribution in [2.45, 2.75) is 24.8 Å². The van der Waals surface area contributed by atoms with Crippen molar-refractivity contribution in [1.82, 2.24) is 9.47 Å². The van der Waals surface area contributed by atoms with Crippen molar-refractivity contribution in [3.8, 4) is 6.07 Å². The lowest BCUT2D eigenvalue weighted by Crippen LogP contribution is -2.49. The van der Waals surface area contributed by atoms with Crippen LogP contribution in [-0.4, -0.2) is 22.4 Å². The molecule has 4 heteroatoms. The van der Waals surface area contributed by atoms with Crippen LogP contribution < -0.4 is 0 Å². The molecule has 2 atom stereocenters. The second-order valence-corrected chi connectivity index (χ2v) is 6.17. The molecule has 2 aromatic rings. The average molecular weight is 293 g/mol. The van der Waals surface area contributed by atoms with Gasteiger partial charge < -0.3 is 9.47 Å². The largest absolute Gasteiger partial charge is 0.346 e. The first kappa shape index (κ1) is 14.4. The molecule has 1 unspecified atom stereocenters. The van der Waals surface area contributed by atoms with Crippen molar-refractivity contribution in [3.63, 3.8) is 0 Å². The van der Waals surface area contributed by atoms with Gasteiger partial charge in [0.2, 0.25) is 0 Å². The van der Waals surface area contributed by atoms with Gasteiger partial charge in [0.25, 0.3) is 5.91 Å². The van der Waals surface area contributed by atoms with E-state index < -0.39 is 5.41 Å². The van der Waals surface area contributed by atoms with E-state index in [2.05, 4.69) is 13.0 Å². The third kappa shape index (κ3) is 1.86. The molecule has 0 saturated carbocycles. The molecule has 0 spiro atoms. The summed E-state index contributed by atoms with van der Waals surface area (Å²) in [4.78, 5) is 14.6. The second-order valence-electron chi connectivity index (χ2n) is 6.17. The maximum Gasteiger partial charge on any atom is 0.271 e. The van der Waals surface area contributed by atoms with Crippen molar-refractivity contribution in [2.75, 3.05) is 7.05 Å². The van der Waals surface area contributed by atoms with E-state index in [9.17, 15) is 10.1 Å². The van der Waals surface area contributed by atoms with Crippen LogP contribution in [0.15, 0.2) is 42.6 Å². The van der Waals surface area contributed by atoms with Gasteiger partial charge in [0, 0.05) is 32.1 Å². The summed E-state index contributed by atoms with van der Waals surface area (Å²) < 4.78 is 1.85. The molecule has 112 valence electrons. The molecule has 1 aromatic heterocycles. The number of rotatable bonds is 2. The van der Waals surface area contributed by atoms with Crippen LogP contribution in [0, 0.1) is 11.3 Å². The predicted molar refractivity (Wildman–Crippen MR) is 84.3 cm³/mol. The highest BCUT2D eigenvalue weighted by Gasteiger charge is 2.48. The quantitative estimate of drug-likeness (QED) is 0.854. The minimum absolute atomic E-state index is 0.00627. The standard InChI is InChI=1S/C18H19N3O/c1-18(10-11-19)14-9-12-20(2)15(14)17(22)21(3)16(18)13-7-5-4-6-8-13/h4-9,12,16H,10H2,1-3H3/t16-,18?/m1/s1. The number of carbonyl (C=O) groups is 1. The summed E-state index contributed by atoms with van der Waals surface area (Å²) in [6.45, 7) is 2.08. The van der Waals surface area contributed by atoms with Crippen LogP contribution in [0.4, 0.5) is 0 Å². The highest BCUT2D eigenvalue weighted by molar-refractivity contribution is 5.96. The molecule has 0 N–H and O–H groups in total. The number of carbonyl (C=O) groups excluding carboxylic acids is 1. The van der Waals surface area contributed by atoms with Crippen LogP contribution in [0.1, 0.15) is 41.0 Å². The Bertz CT molecular complexity index is 756. The first-order chi connectivity index (χ1) is 10.5. The van der Waals surface area contributed by atoms with E-state index >= 15 is 0 Å². The van der Waals surface area contributed by atoms with Gasteiger partial charge in [-0.2, -0.15) is 5.26 Å². The Labute approximate surface area is 130 Å². The molecule has 0 saturated heterocycles. The fraction of sp³-hybridized carbons (Fsp3) is 0.333. The van der Waals surface area contributed by atoms with Gasteiger partial charge in [0.15, 0.2) is 0 Å². The van der Waals surface area contributed by atoms with Crippen LogP contribution in [0.2, 0.25) is 0 Å². The monoisotopic (exact) mass is 293 g/mol. The van der Waals surface area contributed by atoms with Gasteiger partial charge in [-0.3, -0.25) is 4.79 Å². The zero-order valence-corrected chi connectivity index (χ0v) is 13.1. The fourth-order valence-electron chi connectivity index (χ4n) is 3.70. The lowest BCUT2D eigenvalue weighted by molar-refractivity contribution is 0.0581. The van der Waals surface area contributed by atoms with Gasteiger partial charge in [-0.25, -0.2) is 0 Å². The van der Waals surface area contributed by atoms with E-state index in [-0.39, 0.29) is 11.9 Å². The summed E-state index contributed by atoms with van der Waals surface area (Å²) in [5.41, 5.74) is 2.29. The number of fused-ring (bicyclic) bond motifs is 1. The summed E-state index contributed by atoms with van der Waals surface area (Å²) in [5, 5.41) is 9.37. The predicted octanol–water partition coefficient (Wildman–Crippen LogP) is 3.02. The fourth-order valence-corrected chi connectivity index (χ4v) is 3.70. The van der Waals surface area contributed by atoms with Gasteiger partial charge >= 0.3 is 0 Å². The van der Waals surface area contributed by atoms with Crippen LogP contribution in [0.3, 0.4) is 0 Å². The minimum Gasteiger partial charge on any atom is -0.346 e. The first-order valence-corrected chi connectivity index (χ1v) is 7.35. The summed E-state index contributed by atoms with van der Waals surface area (Å²) in [7, 11) is 3.70. The minimum atomic E-state index is -0.421. The van der Waals surface area contributed by atoms with E-state index in [1.54, 1.807) is 4.90 Å².